The second-order valence-corrected chi connectivity index (χ2v) is 8.83. The average molecular weight is 434 g/mol. The molecule has 1 atom stereocenters. The predicted molar refractivity (Wildman–Crippen MR) is 117 cm³/mol. The molecule has 5 heterocycles. The molecule has 8 nitrogen and oxygen atoms in total. The van der Waals surface area contributed by atoms with Gasteiger partial charge in [-0.2, -0.15) is 4.98 Å². The highest BCUT2D eigenvalue weighted by molar-refractivity contribution is 5.95. The van der Waals surface area contributed by atoms with Crippen LogP contribution in [0.5, 0.6) is 0 Å². The van der Waals surface area contributed by atoms with Crippen molar-refractivity contribution in [2.45, 2.75) is 44.6 Å². The van der Waals surface area contributed by atoms with Crippen LogP contribution in [0.1, 0.15) is 47.5 Å². The van der Waals surface area contributed by atoms with Crippen molar-refractivity contribution >= 4 is 5.91 Å². The Morgan fingerprint density at radius 1 is 1.19 bits per heavy atom. The summed E-state index contributed by atoms with van der Waals surface area (Å²) in [6.45, 7) is 4.08. The minimum absolute atomic E-state index is 0.0617. The van der Waals surface area contributed by atoms with Crippen molar-refractivity contribution in [1.29, 1.82) is 0 Å². The number of carbonyl (C=O) groups excluding carboxylic acids is 1. The van der Waals surface area contributed by atoms with Gasteiger partial charge in [-0.05, 0) is 62.3 Å². The summed E-state index contributed by atoms with van der Waals surface area (Å²) >= 11 is 0. The summed E-state index contributed by atoms with van der Waals surface area (Å²) < 4.78 is 11.8. The lowest BCUT2D eigenvalue weighted by molar-refractivity contribution is -0.124. The second-order valence-electron chi connectivity index (χ2n) is 8.83. The van der Waals surface area contributed by atoms with Crippen LogP contribution in [0.15, 0.2) is 47.5 Å². The van der Waals surface area contributed by atoms with Crippen molar-refractivity contribution in [1.82, 2.24) is 25.0 Å². The Hall–Kier alpha value is -3.13. The van der Waals surface area contributed by atoms with Gasteiger partial charge in [-0.25, -0.2) is 0 Å². The number of aromatic nitrogens is 4. The van der Waals surface area contributed by atoms with Gasteiger partial charge in [0.25, 0.3) is 5.91 Å². The van der Waals surface area contributed by atoms with Crippen molar-refractivity contribution in [3.63, 3.8) is 0 Å². The van der Waals surface area contributed by atoms with Gasteiger partial charge in [-0.3, -0.25) is 14.8 Å². The van der Waals surface area contributed by atoms with E-state index >= 15 is 0 Å². The van der Waals surface area contributed by atoms with Crippen LogP contribution in [-0.2, 0) is 11.2 Å². The zero-order chi connectivity index (χ0) is 22.0. The second kappa shape index (κ2) is 8.78. The predicted octanol–water partition coefficient (Wildman–Crippen LogP) is 3.48. The molecule has 0 saturated carbocycles. The van der Waals surface area contributed by atoms with Crippen molar-refractivity contribution in [3.8, 4) is 11.4 Å². The monoisotopic (exact) mass is 433 g/mol. The first-order valence-corrected chi connectivity index (χ1v) is 11.2. The molecule has 1 unspecified atom stereocenters. The quantitative estimate of drug-likeness (QED) is 0.622. The third kappa shape index (κ3) is 4.27. The van der Waals surface area contributed by atoms with Crippen LogP contribution in [0.3, 0.4) is 0 Å². The molecule has 166 valence electrons. The van der Waals surface area contributed by atoms with Crippen molar-refractivity contribution in [2.24, 2.45) is 5.92 Å². The Bertz CT molecular complexity index is 1080. The molecule has 0 N–H and O–H groups in total. The van der Waals surface area contributed by atoms with E-state index in [1.54, 1.807) is 24.8 Å². The molecular formula is C24H27N5O3. The number of hydrogen-bond donors (Lipinski definition) is 0. The van der Waals surface area contributed by atoms with E-state index in [9.17, 15) is 4.79 Å². The molecule has 8 heteroatoms. The molecule has 1 spiro atoms. The Morgan fingerprint density at radius 2 is 2.03 bits per heavy atom. The number of carbonyl (C=O) groups is 1. The van der Waals surface area contributed by atoms with Gasteiger partial charge in [-0.1, -0.05) is 5.16 Å². The number of likely N-dealkylation sites (tertiary alicyclic amines) is 1. The standard InChI is InChI=1S/C24H27N5O3/c1-17-4-9-26-16-20(17)23(30)29-10-6-24(7-11-29)14-18(5-12-31-24)13-21-27-22(28-32-21)19-3-2-8-25-15-19/h2-4,8-9,15-16,18H,5-7,10-14H2,1H3. The number of pyridine rings is 2. The molecule has 0 aromatic carbocycles. The van der Waals surface area contributed by atoms with Crippen LogP contribution in [0.4, 0.5) is 0 Å². The molecule has 0 aliphatic carbocycles. The average Bonchev–Trinajstić information content (AvgIpc) is 3.29. The highest BCUT2D eigenvalue weighted by atomic mass is 16.5. The summed E-state index contributed by atoms with van der Waals surface area (Å²) in [6, 6.07) is 5.66. The molecule has 5 rings (SSSR count). The number of aryl methyl sites for hydroxylation is 1. The molecular weight excluding hydrogens is 406 g/mol. The summed E-state index contributed by atoms with van der Waals surface area (Å²) in [5, 5.41) is 4.11. The Kier molecular flexibility index (Phi) is 5.70. The number of piperidine rings is 1. The number of nitrogens with zero attached hydrogens (tertiary/aromatic N) is 5. The van der Waals surface area contributed by atoms with Gasteiger partial charge in [0.05, 0.1) is 11.2 Å². The Balaban J connectivity index is 1.20. The molecule has 2 fully saturated rings. The van der Waals surface area contributed by atoms with Crippen LogP contribution in [0.2, 0.25) is 0 Å². The SMILES string of the molecule is Cc1ccncc1C(=O)N1CCC2(CC1)CC(Cc1nc(-c3cccnc3)no1)CCO2. The molecule has 3 aromatic heterocycles. The van der Waals surface area contributed by atoms with Gasteiger partial charge in [-0.15, -0.1) is 0 Å². The topological polar surface area (TPSA) is 94.2 Å². The van der Waals surface area contributed by atoms with Crippen LogP contribution < -0.4 is 0 Å². The normalized spacial score (nSPS) is 20.4. The zero-order valence-electron chi connectivity index (χ0n) is 18.2. The molecule has 0 radical (unpaired) electrons. The fourth-order valence-electron chi connectivity index (χ4n) is 4.82. The van der Waals surface area contributed by atoms with E-state index in [0.717, 1.165) is 49.8 Å². The lowest BCUT2D eigenvalue weighted by Crippen LogP contribution is -2.51. The van der Waals surface area contributed by atoms with E-state index in [1.165, 1.54) is 0 Å². The molecule has 32 heavy (non-hydrogen) atoms. The van der Waals surface area contributed by atoms with Crippen molar-refractivity contribution < 1.29 is 14.1 Å². The van der Waals surface area contributed by atoms with Crippen molar-refractivity contribution in [2.75, 3.05) is 19.7 Å². The number of hydrogen-bond acceptors (Lipinski definition) is 7. The molecule has 2 aliphatic heterocycles. The van der Waals surface area contributed by atoms with Gasteiger partial charge in [0.1, 0.15) is 0 Å². The van der Waals surface area contributed by atoms with E-state index in [-0.39, 0.29) is 11.5 Å². The van der Waals surface area contributed by atoms with E-state index in [0.29, 0.717) is 36.3 Å². The van der Waals surface area contributed by atoms with Crippen molar-refractivity contribution in [3.05, 3.63) is 60.0 Å². The smallest absolute Gasteiger partial charge is 0.255 e. The van der Waals surface area contributed by atoms with E-state index in [2.05, 4.69) is 20.1 Å². The highest BCUT2D eigenvalue weighted by Gasteiger charge is 2.41. The molecule has 3 aromatic rings. The van der Waals surface area contributed by atoms with Crippen LogP contribution in [0.25, 0.3) is 11.4 Å². The summed E-state index contributed by atoms with van der Waals surface area (Å²) in [7, 11) is 0. The first-order valence-electron chi connectivity index (χ1n) is 11.2. The summed E-state index contributed by atoms with van der Waals surface area (Å²) in [4.78, 5) is 27.7. The molecule has 2 saturated heterocycles. The van der Waals surface area contributed by atoms with E-state index < -0.39 is 0 Å². The maximum Gasteiger partial charge on any atom is 0.255 e. The maximum absolute atomic E-state index is 12.9. The fraction of sp³-hybridized carbons (Fsp3) is 0.458. The first-order chi connectivity index (χ1) is 15.6. The third-order valence-electron chi connectivity index (χ3n) is 6.68. The highest BCUT2D eigenvalue weighted by Crippen LogP contribution is 2.39. The van der Waals surface area contributed by atoms with Crippen LogP contribution in [-0.4, -0.2) is 56.2 Å². The van der Waals surface area contributed by atoms with Gasteiger partial charge < -0.3 is 14.2 Å². The van der Waals surface area contributed by atoms with E-state index in [1.807, 2.05) is 30.0 Å². The van der Waals surface area contributed by atoms with E-state index in [4.69, 9.17) is 9.26 Å². The largest absolute Gasteiger partial charge is 0.375 e. The third-order valence-corrected chi connectivity index (χ3v) is 6.68. The number of amides is 1. The summed E-state index contributed by atoms with van der Waals surface area (Å²) in [5.74, 6) is 1.72. The first kappa shape index (κ1) is 20.8. The summed E-state index contributed by atoms with van der Waals surface area (Å²) in [5.41, 5.74) is 2.33. The van der Waals surface area contributed by atoms with Gasteiger partial charge in [0, 0.05) is 56.5 Å². The lowest BCUT2D eigenvalue weighted by Gasteiger charge is -2.46. The van der Waals surface area contributed by atoms with Crippen LogP contribution >= 0.6 is 0 Å². The maximum atomic E-state index is 12.9. The zero-order valence-corrected chi connectivity index (χ0v) is 18.2. The fourth-order valence-corrected chi connectivity index (χ4v) is 4.82. The summed E-state index contributed by atoms with van der Waals surface area (Å²) in [6.07, 6.45) is 11.2. The molecule has 0 bridgehead atoms. The Morgan fingerprint density at radius 3 is 2.81 bits per heavy atom. The van der Waals surface area contributed by atoms with Gasteiger partial charge in [0.2, 0.25) is 11.7 Å². The molecule has 2 aliphatic rings. The Labute approximate surface area is 187 Å². The minimum Gasteiger partial charge on any atom is -0.375 e. The number of ether oxygens (including phenoxy) is 1. The molecule has 1 amide bonds. The minimum atomic E-state index is -0.171. The van der Waals surface area contributed by atoms with Gasteiger partial charge >= 0.3 is 0 Å². The van der Waals surface area contributed by atoms with Crippen LogP contribution in [0, 0.1) is 12.8 Å². The number of rotatable bonds is 4. The lowest BCUT2D eigenvalue weighted by atomic mass is 9.78. The van der Waals surface area contributed by atoms with Gasteiger partial charge in [0.15, 0.2) is 0 Å².